The predicted octanol–water partition coefficient (Wildman–Crippen LogP) is 2.16. The molecule has 1 aliphatic heterocycles. The van der Waals surface area contributed by atoms with Crippen LogP contribution in [-0.4, -0.2) is 24.7 Å². The molecule has 0 saturated carbocycles. The Morgan fingerprint density at radius 1 is 1.62 bits per heavy atom. The molecule has 0 amide bonds. The number of pyridine rings is 1. The highest BCUT2D eigenvalue weighted by atomic mass is 16.5. The zero-order valence-corrected chi connectivity index (χ0v) is 10.0. The molecule has 1 aromatic rings. The van der Waals surface area contributed by atoms with Gasteiger partial charge in [-0.15, -0.1) is 0 Å². The van der Waals surface area contributed by atoms with Gasteiger partial charge >= 0.3 is 0 Å². The van der Waals surface area contributed by atoms with Crippen molar-refractivity contribution in [1.29, 1.82) is 0 Å². The Hall–Kier alpha value is -0.930. The van der Waals surface area contributed by atoms with E-state index in [2.05, 4.69) is 23.3 Å². The zero-order valence-electron chi connectivity index (χ0n) is 10.0. The summed E-state index contributed by atoms with van der Waals surface area (Å²) in [6.45, 7) is 3.08. The summed E-state index contributed by atoms with van der Waals surface area (Å²) in [6.07, 6.45) is 6.38. The third-order valence-electron chi connectivity index (χ3n) is 3.45. The smallest absolute Gasteiger partial charge is 0.0619 e. The highest BCUT2D eigenvalue weighted by Gasteiger charge is 2.33. The normalized spacial score (nSPS) is 26.9. The molecule has 3 heteroatoms. The maximum absolute atomic E-state index is 5.76. The lowest BCUT2D eigenvalue weighted by molar-refractivity contribution is 0.0782. The Kier molecular flexibility index (Phi) is 3.91. The molecule has 1 fully saturated rings. The first kappa shape index (κ1) is 11.6. The first-order valence-electron chi connectivity index (χ1n) is 6.05. The van der Waals surface area contributed by atoms with Crippen LogP contribution < -0.4 is 5.32 Å². The van der Waals surface area contributed by atoms with Crippen LogP contribution in [0.25, 0.3) is 0 Å². The molecule has 0 spiro atoms. The molecule has 0 aliphatic carbocycles. The third kappa shape index (κ3) is 2.25. The number of aromatic nitrogens is 1. The van der Waals surface area contributed by atoms with Crippen molar-refractivity contribution in [3.8, 4) is 0 Å². The Bertz CT molecular complexity index is 315. The van der Waals surface area contributed by atoms with Gasteiger partial charge in [0.05, 0.1) is 6.10 Å². The van der Waals surface area contributed by atoms with Crippen molar-refractivity contribution in [2.45, 2.75) is 31.9 Å². The predicted molar refractivity (Wildman–Crippen MR) is 64.2 cm³/mol. The van der Waals surface area contributed by atoms with E-state index in [4.69, 9.17) is 4.74 Å². The third-order valence-corrected chi connectivity index (χ3v) is 3.45. The molecular formula is C13H20N2O. The van der Waals surface area contributed by atoms with Crippen molar-refractivity contribution >= 4 is 0 Å². The van der Waals surface area contributed by atoms with Crippen molar-refractivity contribution in [1.82, 2.24) is 10.3 Å². The van der Waals surface area contributed by atoms with E-state index >= 15 is 0 Å². The van der Waals surface area contributed by atoms with Gasteiger partial charge in [0.1, 0.15) is 0 Å². The Morgan fingerprint density at radius 2 is 2.50 bits per heavy atom. The van der Waals surface area contributed by atoms with E-state index in [0.29, 0.717) is 18.1 Å². The molecule has 2 rings (SSSR count). The first-order chi connectivity index (χ1) is 7.86. The maximum atomic E-state index is 5.76. The van der Waals surface area contributed by atoms with Crippen LogP contribution >= 0.6 is 0 Å². The average Bonchev–Trinajstić information content (AvgIpc) is 2.80. The molecule has 2 heterocycles. The maximum Gasteiger partial charge on any atom is 0.0619 e. The molecule has 3 nitrogen and oxygen atoms in total. The first-order valence-corrected chi connectivity index (χ1v) is 6.05. The number of nitrogens with zero attached hydrogens (tertiary/aromatic N) is 1. The van der Waals surface area contributed by atoms with Crippen molar-refractivity contribution in [3.63, 3.8) is 0 Å². The van der Waals surface area contributed by atoms with Gasteiger partial charge in [0, 0.05) is 31.0 Å². The van der Waals surface area contributed by atoms with Gasteiger partial charge in [0.2, 0.25) is 0 Å². The number of nitrogens with one attached hydrogen (secondary N) is 1. The quantitative estimate of drug-likeness (QED) is 0.844. The second kappa shape index (κ2) is 5.41. The van der Waals surface area contributed by atoms with E-state index in [-0.39, 0.29) is 0 Å². The fraction of sp³-hybridized carbons (Fsp3) is 0.615. The van der Waals surface area contributed by atoms with Crippen LogP contribution in [-0.2, 0) is 4.74 Å². The standard InChI is InChI=1S/C13H20N2O/c1-3-12-11(6-8-16-12)13(14-2)10-5-4-7-15-9-10/h4-5,7,9,11-14H,3,6,8H2,1-2H3. The van der Waals surface area contributed by atoms with Crippen LogP contribution in [0.3, 0.4) is 0 Å². The van der Waals surface area contributed by atoms with Crippen molar-refractivity contribution in [2.24, 2.45) is 5.92 Å². The molecule has 1 saturated heterocycles. The highest BCUT2D eigenvalue weighted by molar-refractivity contribution is 5.15. The van der Waals surface area contributed by atoms with Crippen molar-refractivity contribution < 1.29 is 4.74 Å². The van der Waals surface area contributed by atoms with E-state index < -0.39 is 0 Å². The largest absolute Gasteiger partial charge is 0.378 e. The molecular weight excluding hydrogens is 200 g/mol. The molecule has 0 radical (unpaired) electrons. The highest BCUT2D eigenvalue weighted by Crippen LogP contribution is 2.34. The number of hydrogen-bond donors (Lipinski definition) is 1. The van der Waals surface area contributed by atoms with Gasteiger partial charge in [0.25, 0.3) is 0 Å². The summed E-state index contributed by atoms with van der Waals surface area (Å²) in [5.74, 6) is 0.569. The van der Waals surface area contributed by atoms with Crippen molar-refractivity contribution in [2.75, 3.05) is 13.7 Å². The average molecular weight is 220 g/mol. The minimum atomic E-state index is 0.362. The monoisotopic (exact) mass is 220 g/mol. The van der Waals surface area contributed by atoms with Gasteiger partial charge in [-0.3, -0.25) is 4.98 Å². The fourth-order valence-electron chi connectivity index (χ4n) is 2.65. The van der Waals surface area contributed by atoms with Gasteiger partial charge in [-0.1, -0.05) is 13.0 Å². The number of ether oxygens (including phenoxy) is 1. The summed E-state index contributed by atoms with van der Waals surface area (Å²) in [6, 6.07) is 4.50. The molecule has 3 unspecified atom stereocenters. The molecule has 3 atom stereocenters. The molecule has 16 heavy (non-hydrogen) atoms. The van der Waals surface area contributed by atoms with E-state index in [1.54, 1.807) is 0 Å². The lowest BCUT2D eigenvalue weighted by atomic mass is 9.87. The van der Waals surface area contributed by atoms with E-state index in [9.17, 15) is 0 Å². The van der Waals surface area contributed by atoms with Crippen LogP contribution in [0.1, 0.15) is 31.4 Å². The summed E-state index contributed by atoms with van der Waals surface area (Å²) in [4.78, 5) is 4.19. The van der Waals surface area contributed by atoms with Crippen LogP contribution in [0, 0.1) is 5.92 Å². The van der Waals surface area contributed by atoms with Gasteiger partial charge in [0.15, 0.2) is 0 Å². The molecule has 88 valence electrons. The summed E-state index contributed by atoms with van der Waals surface area (Å²) in [5, 5.41) is 3.40. The van der Waals surface area contributed by atoms with Gasteiger partial charge in [-0.2, -0.15) is 0 Å². The van der Waals surface area contributed by atoms with Crippen LogP contribution in [0.5, 0.6) is 0 Å². The van der Waals surface area contributed by atoms with E-state index in [0.717, 1.165) is 19.4 Å². The van der Waals surface area contributed by atoms with Gasteiger partial charge in [-0.25, -0.2) is 0 Å². The second-order valence-corrected chi connectivity index (χ2v) is 4.32. The summed E-state index contributed by atoms with van der Waals surface area (Å²) in [7, 11) is 2.02. The minimum absolute atomic E-state index is 0.362. The Labute approximate surface area is 97.2 Å². The van der Waals surface area contributed by atoms with Crippen LogP contribution in [0.15, 0.2) is 24.5 Å². The molecule has 1 aromatic heterocycles. The molecule has 1 N–H and O–H groups in total. The molecule has 0 bridgehead atoms. The van der Waals surface area contributed by atoms with E-state index in [1.165, 1.54) is 5.56 Å². The van der Waals surface area contributed by atoms with Crippen LogP contribution in [0.2, 0.25) is 0 Å². The topological polar surface area (TPSA) is 34.1 Å². The van der Waals surface area contributed by atoms with E-state index in [1.807, 2.05) is 25.5 Å². The van der Waals surface area contributed by atoms with Crippen LogP contribution in [0.4, 0.5) is 0 Å². The molecule has 0 aromatic carbocycles. The Balaban J connectivity index is 2.16. The van der Waals surface area contributed by atoms with Gasteiger partial charge < -0.3 is 10.1 Å². The Morgan fingerprint density at radius 3 is 3.12 bits per heavy atom. The van der Waals surface area contributed by atoms with Crippen molar-refractivity contribution in [3.05, 3.63) is 30.1 Å². The SMILES string of the molecule is CCC1OCCC1C(NC)c1cccnc1. The second-order valence-electron chi connectivity index (χ2n) is 4.32. The van der Waals surface area contributed by atoms with Gasteiger partial charge in [-0.05, 0) is 31.5 Å². The number of hydrogen-bond acceptors (Lipinski definition) is 3. The molecule has 1 aliphatic rings. The zero-order chi connectivity index (χ0) is 11.4. The lowest BCUT2D eigenvalue weighted by Gasteiger charge is -2.26. The minimum Gasteiger partial charge on any atom is -0.378 e. The summed E-state index contributed by atoms with van der Waals surface area (Å²) < 4.78 is 5.76. The lowest BCUT2D eigenvalue weighted by Crippen LogP contribution is -2.30. The summed E-state index contributed by atoms with van der Waals surface area (Å²) in [5.41, 5.74) is 1.26. The fourth-order valence-corrected chi connectivity index (χ4v) is 2.65. The number of rotatable bonds is 4. The summed E-state index contributed by atoms with van der Waals surface area (Å²) >= 11 is 0.